The Labute approximate surface area is 124 Å². The average molecular weight is 280 g/mol. The van der Waals surface area contributed by atoms with Crippen LogP contribution in [0.5, 0.6) is 0 Å². The predicted octanol–water partition coefficient (Wildman–Crippen LogP) is 3.07. The van der Waals surface area contributed by atoms with E-state index in [1.54, 1.807) is 0 Å². The molecule has 0 radical (unpaired) electrons. The molecule has 1 saturated heterocycles. The first kappa shape index (κ1) is 14.8. The first-order chi connectivity index (χ1) is 9.69. The SMILES string of the molecule is CN(C1CCC(N)CC1)C1CCOC2(CCCCC2)C1. The Balaban J connectivity index is 1.58. The predicted molar refractivity (Wildman–Crippen MR) is 82.8 cm³/mol. The lowest BCUT2D eigenvalue weighted by molar-refractivity contribution is -0.126. The molecule has 20 heavy (non-hydrogen) atoms. The molecule has 2 N–H and O–H groups in total. The molecule has 1 atom stereocenters. The van der Waals surface area contributed by atoms with Crippen molar-refractivity contribution in [3.8, 4) is 0 Å². The molecule has 0 aromatic carbocycles. The van der Waals surface area contributed by atoms with E-state index in [2.05, 4.69) is 11.9 Å². The van der Waals surface area contributed by atoms with E-state index in [4.69, 9.17) is 10.5 Å². The molecule has 3 fully saturated rings. The third-order valence-electron chi connectivity index (χ3n) is 6.13. The number of rotatable bonds is 2. The molecule has 2 saturated carbocycles. The van der Waals surface area contributed by atoms with Crippen LogP contribution in [0.3, 0.4) is 0 Å². The van der Waals surface area contributed by atoms with E-state index < -0.39 is 0 Å². The number of hydrogen-bond acceptors (Lipinski definition) is 3. The van der Waals surface area contributed by atoms with Crippen LogP contribution in [0.15, 0.2) is 0 Å². The Hall–Kier alpha value is -0.120. The summed E-state index contributed by atoms with van der Waals surface area (Å²) in [6.07, 6.45) is 14.2. The van der Waals surface area contributed by atoms with Gasteiger partial charge in [0.05, 0.1) is 5.60 Å². The van der Waals surface area contributed by atoms with Crippen molar-refractivity contribution < 1.29 is 4.74 Å². The maximum Gasteiger partial charge on any atom is 0.0697 e. The summed E-state index contributed by atoms with van der Waals surface area (Å²) in [7, 11) is 2.36. The van der Waals surface area contributed by atoms with Crippen molar-refractivity contribution in [2.24, 2.45) is 5.73 Å². The molecule has 1 heterocycles. The zero-order valence-electron chi connectivity index (χ0n) is 13.2. The van der Waals surface area contributed by atoms with Crippen molar-refractivity contribution in [3.63, 3.8) is 0 Å². The van der Waals surface area contributed by atoms with Gasteiger partial charge < -0.3 is 15.4 Å². The minimum atomic E-state index is 0.237. The molecular weight excluding hydrogens is 248 g/mol. The Bertz CT molecular complexity index is 301. The molecule has 3 nitrogen and oxygen atoms in total. The topological polar surface area (TPSA) is 38.5 Å². The quantitative estimate of drug-likeness (QED) is 0.845. The lowest BCUT2D eigenvalue weighted by Crippen LogP contribution is -2.52. The van der Waals surface area contributed by atoms with E-state index in [0.29, 0.717) is 6.04 Å². The molecule has 3 aliphatic rings. The van der Waals surface area contributed by atoms with Gasteiger partial charge in [0.15, 0.2) is 0 Å². The Morgan fingerprint density at radius 2 is 1.65 bits per heavy atom. The fourth-order valence-corrected chi connectivity index (χ4v) is 4.70. The molecule has 1 aliphatic heterocycles. The monoisotopic (exact) mass is 280 g/mol. The van der Waals surface area contributed by atoms with E-state index in [1.165, 1.54) is 70.6 Å². The van der Waals surface area contributed by atoms with Crippen molar-refractivity contribution in [1.82, 2.24) is 4.90 Å². The molecule has 1 spiro atoms. The van der Waals surface area contributed by atoms with Gasteiger partial charge in [-0.15, -0.1) is 0 Å². The number of hydrogen-bond donors (Lipinski definition) is 1. The van der Waals surface area contributed by atoms with Gasteiger partial charge in [-0.1, -0.05) is 19.3 Å². The second-order valence-corrected chi connectivity index (χ2v) is 7.47. The summed E-state index contributed by atoms with van der Waals surface area (Å²) in [5.74, 6) is 0. The van der Waals surface area contributed by atoms with Crippen molar-refractivity contribution in [3.05, 3.63) is 0 Å². The molecule has 1 unspecified atom stereocenters. The van der Waals surface area contributed by atoms with E-state index in [0.717, 1.165) is 18.7 Å². The Morgan fingerprint density at radius 1 is 0.950 bits per heavy atom. The van der Waals surface area contributed by atoms with Crippen molar-refractivity contribution in [2.45, 2.75) is 94.4 Å². The van der Waals surface area contributed by atoms with Gasteiger partial charge in [0.1, 0.15) is 0 Å². The summed E-state index contributed by atoms with van der Waals surface area (Å²) in [5, 5.41) is 0. The molecule has 3 heteroatoms. The smallest absolute Gasteiger partial charge is 0.0697 e. The zero-order valence-corrected chi connectivity index (χ0v) is 13.2. The maximum atomic E-state index is 6.24. The molecule has 0 aromatic rings. The molecule has 116 valence electrons. The first-order valence-corrected chi connectivity index (χ1v) is 8.80. The fraction of sp³-hybridized carbons (Fsp3) is 1.00. The number of nitrogens with two attached hydrogens (primary N) is 1. The normalized spacial score (nSPS) is 38.2. The van der Waals surface area contributed by atoms with Crippen LogP contribution in [0.2, 0.25) is 0 Å². The fourth-order valence-electron chi connectivity index (χ4n) is 4.70. The highest BCUT2D eigenvalue weighted by Gasteiger charge is 2.40. The van der Waals surface area contributed by atoms with Crippen LogP contribution < -0.4 is 5.73 Å². The van der Waals surface area contributed by atoms with Crippen LogP contribution in [-0.4, -0.2) is 42.3 Å². The van der Waals surface area contributed by atoms with Crippen LogP contribution in [0.1, 0.15) is 70.6 Å². The third kappa shape index (κ3) is 3.20. The lowest BCUT2D eigenvalue weighted by Gasteiger charge is -2.48. The second kappa shape index (κ2) is 6.33. The standard InChI is InChI=1S/C17H32N2O/c1-19(15-7-5-14(18)6-8-15)16-9-12-20-17(13-16)10-3-2-4-11-17/h14-16H,2-13,18H2,1H3. The molecule has 3 rings (SSSR count). The largest absolute Gasteiger partial charge is 0.375 e. The van der Waals surface area contributed by atoms with Crippen LogP contribution in [0.25, 0.3) is 0 Å². The Kier molecular flexibility index (Phi) is 4.68. The van der Waals surface area contributed by atoms with Crippen molar-refractivity contribution in [1.29, 1.82) is 0 Å². The minimum absolute atomic E-state index is 0.237. The average Bonchev–Trinajstić information content (AvgIpc) is 2.48. The van der Waals surface area contributed by atoms with E-state index in [-0.39, 0.29) is 5.60 Å². The van der Waals surface area contributed by atoms with E-state index in [9.17, 15) is 0 Å². The second-order valence-electron chi connectivity index (χ2n) is 7.47. The molecule has 2 aliphatic carbocycles. The zero-order chi connectivity index (χ0) is 14.0. The lowest BCUT2D eigenvalue weighted by atomic mass is 9.77. The van der Waals surface area contributed by atoms with E-state index >= 15 is 0 Å². The van der Waals surface area contributed by atoms with E-state index in [1.807, 2.05) is 0 Å². The van der Waals surface area contributed by atoms with Crippen LogP contribution in [-0.2, 0) is 4.74 Å². The van der Waals surface area contributed by atoms with Gasteiger partial charge in [0.2, 0.25) is 0 Å². The third-order valence-corrected chi connectivity index (χ3v) is 6.13. The van der Waals surface area contributed by atoms with Crippen LogP contribution in [0.4, 0.5) is 0 Å². The van der Waals surface area contributed by atoms with Gasteiger partial charge in [-0.3, -0.25) is 0 Å². The van der Waals surface area contributed by atoms with Crippen LogP contribution in [0, 0.1) is 0 Å². The highest BCUT2D eigenvalue weighted by molar-refractivity contribution is 4.94. The Morgan fingerprint density at radius 3 is 2.35 bits per heavy atom. The molecule has 0 aromatic heterocycles. The van der Waals surface area contributed by atoms with Gasteiger partial charge in [-0.25, -0.2) is 0 Å². The van der Waals surface area contributed by atoms with Gasteiger partial charge in [-0.2, -0.15) is 0 Å². The summed E-state index contributed by atoms with van der Waals surface area (Å²) >= 11 is 0. The first-order valence-electron chi connectivity index (χ1n) is 8.80. The van der Waals surface area contributed by atoms with Crippen LogP contribution >= 0.6 is 0 Å². The van der Waals surface area contributed by atoms with Gasteiger partial charge >= 0.3 is 0 Å². The molecule has 0 amide bonds. The van der Waals surface area contributed by atoms with Gasteiger partial charge in [0.25, 0.3) is 0 Å². The summed E-state index contributed by atoms with van der Waals surface area (Å²) in [6, 6.07) is 1.96. The maximum absolute atomic E-state index is 6.24. The summed E-state index contributed by atoms with van der Waals surface area (Å²) in [6.45, 7) is 0.973. The van der Waals surface area contributed by atoms with Gasteiger partial charge in [-0.05, 0) is 58.4 Å². The van der Waals surface area contributed by atoms with Gasteiger partial charge in [0, 0.05) is 24.7 Å². The summed E-state index contributed by atoms with van der Waals surface area (Å²) in [5.41, 5.74) is 6.29. The highest BCUT2D eigenvalue weighted by atomic mass is 16.5. The highest BCUT2D eigenvalue weighted by Crippen LogP contribution is 2.40. The minimum Gasteiger partial charge on any atom is -0.375 e. The summed E-state index contributed by atoms with van der Waals surface area (Å²) in [4.78, 5) is 2.69. The molecular formula is C17H32N2O. The summed E-state index contributed by atoms with van der Waals surface area (Å²) < 4.78 is 6.24. The number of nitrogens with zero attached hydrogens (tertiary/aromatic N) is 1. The van der Waals surface area contributed by atoms with Crippen molar-refractivity contribution >= 4 is 0 Å². The number of ether oxygens (including phenoxy) is 1. The van der Waals surface area contributed by atoms with Crippen molar-refractivity contribution in [2.75, 3.05) is 13.7 Å². The molecule has 0 bridgehead atoms.